The van der Waals surface area contributed by atoms with Gasteiger partial charge in [0.2, 0.25) is 0 Å². The molecule has 0 radical (unpaired) electrons. The van der Waals surface area contributed by atoms with Gasteiger partial charge < -0.3 is 0 Å². The van der Waals surface area contributed by atoms with Crippen molar-refractivity contribution in [1.82, 2.24) is 0 Å². The van der Waals surface area contributed by atoms with Crippen LogP contribution in [0.2, 0.25) is 0 Å². The molecule has 0 fully saturated rings. The number of aliphatic imine (C=N–C) groups is 2. The maximum absolute atomic E-state index is 9.46. The van der Waals surface area contributed by atoms with Gasteiger partial charge in [-0.25, -0.2) is 9.98 Å². The van der Waals surface area contributed by atoms with E-state index in [0.29, 0.717) is 11.4 Å². The van der Waals surface area contributed by atoms with Crippen molar-refractivity contribution >= 4 is 50.2 Å². The Kier molecular flexibility index (Phi) is 8.87. The molecule has 0 heterocycles. The summed E-state index contributed by atoms with van der Waals surface area (Å²) in [5.41, 5.74) is 11.3. The van der Waals surface area contributed by atoms with Crippen LogP contribution in [0.4, 0.5) is 0 Å². The minimum Gasteiger partial charge on any atom is -0.282 e. The summed E-state index contributed by atoms with van der Waals surface area (Å²) in [6, 6.07) is 79.2. The molecule has 0 aliphatic heterocycles. The topological polar surface area (TPSA) is 48.6 Å². The Morgan fingerprint density at radius 2 is 0.984 bits per heavy atom. The predicted molar refractivity (Wildman–Crippen MR) is 256 cm³/mol. The van der Waals surface area contributed by atoms with Crippen LogP contribution in [0.15, 0.2) is 234 Å². The molecule has 286 valence electrons. The summed E-state index contributed by atoms with van der Waals surface area (Å²) in [6.07, 6.45) is 1.97. The second-order valence-electron chi connectivity index (χ2n) is 15.7. The van der Waals surface area contributed by atoms with Crippen molar-refractivity contribution in [3.05, 3.63) is 263 Å². The second kappa shape index (κ2) is 15.0. The van der Waals surface area contributed by atoms with Crippen LogP contribution in [0.1, 0.15) is 38.9 Å². The third-order valence-corrected chi connectivity index (χ3v) is 12.3. The molecule has 1 aliphatic rings. The van der Waals surface area contributed by atoms with Crippen LogP contribution >= 0.6 is 0 Å². The molecule has 10 aromatic carbocycles. The van der Waals surface area contributed by atoms with Gasteiger partial charge in [0.15, 0.2) is 11.7 Å². The Bertz CT molecular complexity index is 3310. The predicted octanol–water partition coefficient (Wildman–Crippen LogP) is 14.1. The fourth-order valence-corrected chi connectivity index (χ4v) is 9.49. The summed E-state index contributed by atoms with van der Waals surface area (Å²) in [6.45, 7) is 0. The van der Waals surface area contributed by atoms with Gasteiger partial charge in [0.1, 0.15) is 0 Å². The van der Waals surface area contributed by atoms with Gasteiger partial charge in [0.25, 0.3) is 0 Å². The maximum atomic E-state index is 9.46. The Morgan fingerprint density at radius 3 is 1.72 bits per heavy atom. The van der Waals surface area contributed by atoms with Gasteiger partial charge in [0.05, 0.1) is 5.41 Å². The Hall–Kier alpha value is -8.01. The van der Waals surface area contributed by atoms with Gasteiger partial charge in [-0.3, -0.25) is 5.41 Å². The van der Waals surface area contributed by atoms with Crippen LogP contribution in [0.3, 0.4) is 0 Å². The Morgan fingerprint density at radius 1 is 0.410 bits per heavy atom. The van der Waals surface area contributed by atoms with Crippen LogP contribution in [-0.4, -0.2) is 17.9 Å². The molecule has 0 spiro atoms. The molecule has 0 bridgehead atoms. The molecule has 11 rings (SSSR count). The van der Waals surface area contributed by atoms with Gasteiger partial charge in [0, 0.05) is 22.9 Å². The molecule has 61 heavy (non-hydrogen) atoms. The van der Waals surface area contributed by atoms with E-state index < -0.39 is 5.41 Å². The first-order valence-corrected chi connectivity index (χ1v) is 20.7. The zero-order chi connectivity index (χ0) is 40.8. The molecule has 0 aromatic heterocycles. The van der Waals surface area contributed by atoms with Crippen molar-refractivity contribution in [3.63, 3.8) is 0 Å². The number of hydrogen-bond donors (Lipinski definition) is 1. The van der Waals surface area contributed by atoms with Gasteiger partial charge in [-0.05, 0) is 89.0 Å². The van der Waals surface area contributed by atoms with Crippen molar-refractivity contribution in [2.45, 2.75) is 5.41 Å². The molecular formula is C58H39N3. The molecule has 10 aromatic rings. The normalized spacial score (nSPS) is 13.1. The van der Waals surface area contributed by atoms with E-state index in [1.54, 1.807) is 0 Å². The lowest BCUT2D eigenvalue weighted by Gasteiger charge is -2.34. The summed E-state index contributed by atoms with van der Waals surface area (Å²) in [5.74, 6) is 0.606. The lowest BCUT2D eigenvalue weighted by molar-refractivity contribution is 0.768. The summed E-state index contributed by atoms with van der Waals surface area (Å²) >= 11 is 0. The first-order valence-electron chi connectivity index (χ1n) is 20.7. The van der Waals surface area contributed by atoms with Crippen LogP contribution in [0, 0.1) is 5.41 Å². The van der Waals surface area contributed by atoms with Crippen molar-refractivity contribution in [2.75, 3.05) is 0 Å². The van der Waals surface area contributed by atoms with E-state index in [4.69, 9.17) is 9.98 Å². The first kappa shape index (κ1) is 36.1. The molecular weight excluding hydrogens is 739 g/mol. The molecule has 0 amide bonds. The van der Waals surface area contributed by atoms with Gasteiger partial charge in [-0.2, -0.15) is 0 Å². The lowest BCUT2D eigenvalue weighted by atomic mass is 9.67. The zero-order valence-corrected chi connectivity index (χ0v) is 33.3. The number of amidine groups is 2. The highest BCUT2D eigenvalue weighted by molar-refractivity contribution is 6.22. The number of hydrogen-bond acceptors (Lipinski definition) is 1. The molecule has 3 nitrogen and oxygen atoms in total. The SMILES string of the molecule is N=C(N=C(N=Cc1c2ccccc2cc2c1ccc1ccccc12)c1ccc2c(c1)C(c1ccccc1)(c1ccccc1)c1ccccc1-2)c1ccc(-c2ccccc2)cc1. The average molecular weight is 778 g/mol. The van der Waals surface area contributed by atoms with E-state index in [-0.39, 0.29) is 5.84 Å². The maximum Gasteiger partial charge on any atom is 0.161 e. The molecule has 1 aliphatic carbocycles. The number of benzene rings is 10. The van der Waals surface area contributed by atoms with Crippen LogP contribution in [0.25, 0.3) is 54.6 Å². The second-order valence-corrected chi connectivity index (χ2v) is 15.7. The first-order chi connectivity index (χ1) is 30.2. The highest BCUT2D eigenvalue weighted by Crippen LogP contribution is 2.56. The lowest BCUT2D eigenvalue weighted by Crippen LogP contribution is -2.28. The van der Waals surface area contributed by atoms with E-state index in [2.05, 4.69) is 194 Å². The van der Waals surface area contributed by atoms with E-state index in [0.717, 1.165) is 44.0 Å². The third-order valence-electron chi connectivity index (χ3n) is 12.3. The summed E-state index contributed by atoms with van der Waals surface area (Å²) in [7, 11) is 0. The minimum absolute atomic E-state index is 0.140. The largest absolute Gasteiger partial charge is 0.282 e. The van der Waals surface area contributed by atoms with Crippen molar-refractivity contribution in [3.8, 4) is 22.3 Å². The highest BCUT2D eigenvalue weighted by Gasteiger charge is 2.46. The van der Waals surface area contributed by atoms with Crippen molar-refractivity contribution < 1.29 is 0 Å². The minimum atomic E-state index is -0.590. The van der Waals surface area contributed by atoms with E-state index in [1.807, 2.05) is 36.5 Å². The fraction of sp³-hybridized carbons (Fsp3) is 0.0172. The fourth-order valence-electron chi connectivity index (χ4n) is 9.49. The Labute approximate surface area is 355 Å². The summed E-state index contributed by atoms with van der Waals surface area (Å²) < 4.78 is 0. The van der Waals surface area contributed by atoms with Crippen molar-refractivity contribution in [1.29, 1.82) is 5.41 Å². The summed E-state index contributed by atoms with van der Waals surface area (Å²) in [5, 5.41) is 16.4. The Balaban J connectivity index is 1.13. The van der Waals surface area contributed by atoms with Gasteiger partial charge in [-0.15, -0.1) is 0 Å². The molecule has 3 heteroatoms. The molecule has 1 N–H and O–H groups in total. The number of fused-ring (bicyclic) bond motifs is 7. The third kappa shape index (κ3) is 6.10. The number of rotatable bonds is 6. The van der Waals surface area contributed by atoms with E-state index >= 15 is 0 Å². The van der Waals surface area contributed by atoms with Crippen molar-refractivity contribution in [2.24, 2.45) is 9.98 Å². The number of nitrogens with one attached hydrogen (secondary N) is 1. The standard InChI is InChI=1S/C58H39N3/c59-56(42-30-28-40(29-31-42)39-16-4-1-5-17-39)61-57(60-38-53-48-25-13-11-19-43(48)36-52-47-24-12-10-18-41(47)32-34-49(52)53)44-33-35-51-50-26-14-15-27-54(50)58(55(51)37-44,45-20-6-2-7-21-45)46-22-8-3-9-23-46/h1-38,59H. The number of nitrogens with zero attached hydrogens (tertiary/aromatic N) is 2. The van der Waals surface area contributed by atoms with E-state index in [1.165, 1.54) is 44.0 Å². The van der Waals surface area contributed by atoms with E-state index in [9.17, 15) is 5.41 Å². The summed E-state index contributed by atoms with van der Waals surface area (Å²) in [4.78, 5) is 10.4. The van der Waals surface area contributed by atoms with Gasteiger partial charge in [-0.1, -0.05) is 212 Å². The van der Waals surface area contributed by atoms with Crippen LogP contribution in [0.5, 0.6) is 0 Å². The monoisotopic (exact) mass is 777 g/mol. The molecule has 0 saturated carbocycles. The molecule has 0 saturated heterocycles. The average Bonchev–Trinajstić information content (AvgIpc) is 3.63. The zero-order valence-electron chi connectivity index (χ0n) is 33.3. The molecule has 0 unspecified atom stereocenters. The van der Waals surface area contributed by atoms with Crippen LogP contribution < -0.4 is 0 Å². The van der Waals surface area contributed by atoms with Gasteiger partial charge >= 0.3 is 0 Å². The molecule has 0 atom stereocenters. The highest BCUT2D eigenvalue weighted by atomic mass is 14.9. The van der Waals surface area contributed by atoms with Crippen LogP contribution in [-0.2, 0) is 5.41 Å². The smallest absolute Gasteiger partial charge is 0.161 e. The quantitative estimate of drug-likeness (QED) is 0.0757.